The fraction of sp³-hybridized carbons (Fsp3) is 0.257. The second-order valence-electron chi connectivity index (χ2n) is 12.0. The van der Waals surface area contributed by atoms with Gasteiger partial charge >= 0.3 is 0 Å². The van der Waals surface area contributed by atoms with Crippen molar-refractivity contribution in [1.29, 1.82) is 0 Å². The van der Waals surface area contributed by atoms with Gasteiger partial charge in [0.2, 0.25) is 0 Å². The normalized spacial score (nSPS) is 21.1. The van der Waals surface area contributed by atoms with Crippen molar-refractivity contribution in [2.24, 2.45) is 11.8 Å². The lowest BCUT2D eigenvalue weighted by Crippen LogP contribution is -2.22. The van der Waals surface area contributed by atoms with Crippen molar-refractivity contribution in [3.8, 4) is 11.5 Å². The Balaban J connectivity index is 1.05. The topological polar surface area (TPSA) is 101 Å². The van der Waals surface area contributed by atoms with Gasteiger partial charge in [0.05, 0.1) is 35.0 Å². The number of pyridine rings is 3. The van der Waals surface area contributed by atoms with Crippen LogP contribution < -0.4 is 10.6 Å². The molecule has 8 rings (SSSR count). The maximum atomic E-state index is 5.79. The van der Waals surface area contributed by atoms with E-state index in [9.17, 15) is 0 Å². The molecule has 2 aliphatic rings. The van der Waals surface area contributed by atoms with Gasteiger partial charge in [-0.2, -0.15) is 0 Å². The number of nitrogens with zero attached hydrogens (tertiary/aromatic N) is 4. The molecule has 1 aliphatic carbocycles. The maximum Gasteiger partial charge on any atom is 0.157 e. The van der Waals surface area contributed by atoms with Crippen molar-refractivity contribution >= 4 is 44.7 Å². The minimum absolute atomic E-state index is 0.235. The van der Waals surface area contributed by atoms with E-state index in [2.05, 4.69) is 63.9 Å². The van der Waals surface area contributed by atoms with Gasteiger partial charge in [0.15, 0.2) is 5.82 Å². The standard InChI is InChI=1S/C35H33N7O/c1-20-14-25(10-12-36-20)39-24-5-8-30-33(17-24)42-34(41-30)31-9-6-26(18-37-31)40-32-15-21(2)38-29-7-4-23(16-27(29)32)35-11-13-43-19-28(35)22(35)3/h4-10,12,14-18,22,28H,11,13,19H2,1-3H3,(H,36,39)(H,38,40)(H,41,42)/t22-,28?,35?/m1/s1. The number of rotatable bonds is 6. The first-order valence-corrected chi connectivity index (χ1v) is 14.9. The molecule has 2 fully saturated rings. The summed E-state index contributed by atoms with van der Waals surface area (Å²) in [6, 6.07) is 23.1. The zero-order valence-electron chi connectivity index (χ0n) is 24.5. The lowest BCUT2D eigenvalue weighted by atomic mass is 9.86. The van der Waals surface area contributed by atoms with Crippen molar-refractivity contribution in [2.45, 2.75) is 32.6 Å². The molecule has 8 nitrogen and oxygen atoms in total. The Hall–Kier alpha value is -4.82. The fourth-order valence-electron chi connectivity index (χ4n) is 7.02. The highest BCUT2D eigenvalue weighted by Gasteiger charge is 2.63. The van der Waals surface area contributed by atoms with E-state index in [1.165, 1.54) is 5.56 Å². The van der Waals surface area contributed by atoms with Crippen LogP contribution >= 0.6 is 0 Å². The van der Waals surface area contributed by atoms with E-state index in [1.807, 2.05) is 50.4 Å². The number of aromatic amines is 1. The Morgan fingerprint density at radius 2 is 1.70 bits per heavy atom. The molecule has 3 atom stereocenters. The summed E-state index contributed by atoms with van der Waals surface area (Å²) in [5.74, 6) is 1.99. The zero-order valence-corrected chi connectivity index (χ0v) is 24.5. The lowest BCUT2D eigenvalue weighted by molar-refractivity contribution is 0.0801. The molecule has 1 saturated carbocycles. The number of H-pyrrole nitrogens is 1. The van der Waals surface area contributed by atoms with Gasteiger partial charge < -0.3 is 20.4 Å². The molecule has 0 bridgehead atoms. The molecule has 2 unspecified atom stereocenters. The largest absolute Gasteiger partial charge is 0.381 e. The Morgan fingerprint density at radius 3 is 2.53 bits per heavy atom. The molecule has 2 aromatic carbocycles. The van der Waals surface area contributed by atoms with Crippen LogP contribution in [0.3, 0.4) is 0 Å². The first-order valence-electron chi connectivity index (χ1n) is 14.9. The van der Waals surface area contributed by atoms with Crippen LogP contribution in [0.5, 0.6) is 0 Å². The lowest BCUT2D eigenvalue weighted by Gasteiger charge is -2.24. The molecule has 214 valence electrons. The van der Waals surface area contributed by atoms with Gasteiger partial charge in [-0.05, 0) is 98.3 Å². The Morgan fingerprint density at radius 1 is 0.837 bits per heavy atom. The second-order valence-corrected chi connectivity index (χ2v) is 12.0. The summed E-state index contributed by atoms with van der Waals surface area (Å²) in [5, 5.41) is 8.20. The van der Waals surface area contributed by atoms with Crippen LogP contribution in [-0.4, -0.2) is 38.1 Å². The molecule has 3 N–H and O–H groups in total. The third kappa shape index (κ3) is 4.49. The van der Waals surface area contributed by atoms with Gasteiger partial charge in [-0.1, -0.05) is 13.0 Å². The molecular weight excluding hydrogens is 534 g/mol. The van der Waals surface area contributed by atoms with Gasteiger partial charge in [0.1, 0.15) is 5.69 Å². The number of ether oxygens (including phenoxy) is 1. The number of imidazole rings is 1. The number of hydrogen-bond donors (Lipinski definition) is 3. The number of anilines is 4. The molecular formula is C35H33N7O. The zero-order chi connectivity index (χ0) is 29.1. The van der Waals surface area contributed by atoms with Crippen molar-refractivity contribution in [2.75, 3.05) is 23.8 Å². The third-order valence-electron chi connectivity index (χ3n) is 9.35. The summed E-state index contributed by atoms with van der Waals surface area (Å²) >= 11 is 0. The average molecular weight is 568 g/mol. The fourth-order valence-corrected chi connectivity index (χ4v) is 7.02. The van der Waals surface area contributed by atoms with Gasteiger partial charge in [0, 0.05) is 52.1 Å². The van der Waals surface area contributed by atoms with Crippen molar-refractivity contribution in [1.82, 2.24) is 24.9 Å². The highest BCUT2D eigenvalue weighted by molar-refractivity contribution is 5.94. The summed E-state index contributed by atoms with van der Waals surface area (Å²) in [7, 11) is 0. The number of aryl methyl sites for hydroxylation is 2. The number of hydrogen-bond acceptors (Lipinski definition) is 7. The van der Waals surface area contributed by atoms with Crippen LogP contribution in [0.4, 0.5) is 22.7 Å². The van der Waals surface area contributed by atoms with Gasteiger partial charge in [0.25, 0.3) is 0 Å². The molecule has 1 aliphatic heterocycles. The highest BCUT2D eigenvalue weighted by Crippen LogP contribution is 2.63. The Kier molecular flexibility index (Phi) is 5.94. The first kappa shape index (κ1) is 25.9. The van der Waals surface area contributed by atoms with Crippen molar-refractivity contribution in [3.05, 3.63) is 96.1 Å². The van der Waals surface area contributed by atoms with Gasteiger partial charge in [-0.3, -0.25) is 15.0 Å². The van der Waals surface area contributed by atoms with Crippen molar-refractivity contribution < 1.29 is 4.74 Å². The van der Waals surface area contributed by atoms with E-state index in [4.69, 9.17) is 19.7 Å². The first-order chi connectivity index (χ1) is 21.0. The molecule has 0 spiro atoms. The minimum Gasteiger partial charge on any atom is -0.381 e. The van der Waals surface area contributed by atoms with Crippen LogP contribution in [0.25, 0.3) is 33.5 Å². The molecule has 43 heavy (non-hydrogen) atoms. The van der Waals surface area contributed by atoms with E-state index < -0.39 is 0 Å². The third-order valence-corrected chi connectivity index (χ3v) is 9.35. The molecule has 0 amide bonds. The number of nitrogens with one attached hydrogen (secondary N) is 3. The summed E-state index contributed by atoms with van der Waals surface area (Å²) in [4.78, 5) is 22.1. The molecule has 6 aromatic rings. The predicted molar refractivity (Wildman–Crippen MR) is 171 cm³/mol. The molecule has 0 radical (unpaired) electrons. The van der Waals surface area contributed by atoms with E-state index >= 15 is 0 Å². The number of benzene rings is 2. The minimum atomic E-state index is 0.235. The highest BCUT2D eigenvalue weighted by atomic mass is 16.5. The Bertz CT molecular complexity index is 2000. The quantitative estimate of drug-likeness (QED) is 0.191. The van der Waals surface area contributed by atoms with E-state index in [1.54, 1.807) is 6.20 Å². The number of aromatic nitrogens is 5. The maximum absolute atomic E-state index is 5.79. The van der Waals surface area contributed by atoms with E-state index in [0.29, 0.717) is 11.8 Å². The number of fused-ring (bicyclic) bond motifs is 3. The van der Waals surface area contributed by atoms with E-state index in [0.717, 1.165) is 87.2 Å². The summed E-state index contributed by atoms with van der Waals surface area (Å²) in [5.41, 5.74) is 11.1. The average Bonchev–Trinajstić information content (AvgIpc) is 3.40. The molecule has 8 heteroatoms. The van der Waals surface area contributed by atoms with Crippen LogP contribution in [0, 0.1) is 25.7 Å². The molecule has 5 heterocycles. The predicted octanol–water partition coefficient (Wildman–Crippen LogP) is 7.60. The van der Waals surface area contributed by atoms with Crippen LogP contribution in [-0.2, 0) is 10.2 Å². The molecule has 1 saturated heterocycles. The smallest absolute Gasteiger partial charge is 0.157 e. The second kappa shape index (κ2) is 9.88. The molecule has 4 aromatic heterocycles. The van der Waals surface area contributed by atoms with Crippen LogP contribution in [0.2, 0.25) is 0 Å². The SMILES string of the molecule is Cc1cc(Nc2ccc3nc(-c4ccc(Nc5cc(C)nc6ccc(C78CCOCC7[C@H]8C)cc56)cn4)[nH]c3c2)ccn1. The summed E-state index contributed by atoms with van der Waals surface area (Å²) in [6.45, 7) is 8.09. The van der Waals surface area contributed by atoms with Crippen molar-refractivity contribution in [3.63, 3.8) is 0 Å². The summed E-state index contributed by atoms with van der Waals surface area (Å²) < 4.78 is 5.79. The van der Waals surface area contributed by atoms with Gasteiger partial charge in [-0.25, -0.2) is 4.98 Å². The van der Waals surface area contributed by atoms with Crippen LogP contribution in [0.15, 0.2) is 79.1 Å². The Labute approximate surface area is 250 Å². The monoisotopic (exact) mass is 567 g/mol. The van der Waals surface area contributed by atoms with Crippen LogP contribution in [0.1, 0.15) is 30.3 Å². The van der Waals surface area contributed by atoms with Gasteiger partial charge in [-0.15, -0.1) is 0 Å². The van der Waals surface area contributed by atoms with E-state index in [-0.39, 0.29) is 5.41 Å². The summed E-state index contributed by atoms with van der Waals surface area (Å²) in [6.07, 6.45) is 4.75.